The van der Waals surface area contributed by atoms with E-state index in [2.05, 4.69) is 29.4 Å². The molecule has 0 saturated carbocycles. The zero-order chi connectivity index (χ0) is 13.9. The second-order valence-corrected chi connectivity index (χ2v) is 5.24. The Morgan fingerprint density at radius 3 is 2.80 bits per heavy atom. The molecule has 0 aliphatic heterocycles. The Hall–Kier alpha value is -2.10. The summed E-state index contributed by atoms with van der Waals surface area (Å²) in [5, 5.41) is 17.0. The lowest BCUT2D eigenvalue weighted by Crippen LogP contribution is -2.19. The van der Waals surface area contributed by atoms with Crippen LogP contribution < -0.4 is 0 Å². The van der Waals surface area contributed by atoms with Crippen molar-refractivity contribution in [2.75, 3.05) is 0 Å². The quantitative estimate of drug-likeness (QED) is 0.685. The predicted molar refractivity (Wildman–Crippen MR) is 76.3 cm³/mol. The summed E-state index contributed by atoms with van der Waals surface area (Å²) in [5.41, 5.74) is 3.79. The van der Waals surface area contributed by atoms with Gasteiger partial charge >= 0.3 is 0 Å². The molecule has 0 radical (unpaired) electrons. The summed E-state index contributed by atoms with van der Waals surface area (Å²) in [6, 6.07) is 10.3. The number of hydrogen-bond donors (Lipinski definition) is 1. The highest BCUT2D eigenvalue weighted by Gasteiger charge is 2.31. The first-order valence-electron chi connectivity index (χ1n) is 7.07. The minimum atomic E-state index is 0.289. The second-order valence-electron chi connectivity index (χ2n) is 5.24. The highest BCUT2D eigenvalue weighted by molar-refractivity contribution is 6.03. The van der Waals surface area contributed by atoms with Crippen molar-refractivity contribution in [3.05, 3.63) is 52.9 Å². The van der Waals surface area contributed by atoms with Crippen LogP contribution in [0.15, 0.2) is 40.0 Å². The second kappa shape index (κ2) is 5.49. The minimum absolute atomic E-state index is 0.289. The van der Waals surface area contributed by atoms with Crippen molar-refractivity contribution in [1.29, 1.82) is 0 Å². The molecule has 0 amide bonds. The molecule has 0 bridgehead atoms. The van der Waals surface area contributed by atoms with Gasteiger partial charge < -0.3 is 9.73 Å². The number of fused-ring (bicyclic) bond motifs is 1. The van der Waals surface area contributed by atoms with Gasteiger partial charge in [0.2, 0.25) is 0 Å². The molecule has 0 saturated heterocycles. The number of rotatable bonds is 3. The first-order chi connectivity index (χ1) is 9.83. The van der Waals surface area contributed by atoms with Crippen LogP contribution in [0.4, 0.5) is 0 Å². The van der Waals surface area contributed by atoms with Crippen LogP contribution in [-0.4, -0.2) is 16.1 Å². The van der Waals surface area contributed by atoms with Crippen LogP contribution >= 0.6 is 0 Å². The van der Waals surface area contributed by atoms with Gasteiger partial charge in [0.15, 0.2) is 0 Å². The van der Waals surface area contributed by atoms with Gasteiger partial charge in [0.1, 0.15) is 5.76 Å². The highest BCUT2D eigenvalue weighted by Crippen LogP contribution is 2.34. The lowest BCUT2D eigenvalue weighted by Gasteiger charge is -2.22. The number of aromatic nitrogens is 1. The summed E-state index contributed by atoms with van der Waals surface area (Å²) >= 11 is 0. The molecule has 104 valence electrons. The zero-order valence-electron chi connectivity index (χ0n) is 11.5. The van der Waals surface area contributed by atoms with E-state index in [1.807, 2.05) is 18.2 Å². The maximum absolute atomic E-state index is 9.33. The van der Waals surface area contributed by atoms with Gasteiger partial charge in [-0.15, -0.1) is 0 Å². The third kappa shape index (κ3) is 2.22. The van der Waals surface area contributed by atoms with E-state index in [0.717, 1.165) is 42.7 Å². The maximum atomic E-state index is 9.33. The van der Waals surface area contributed by atoms with Crippen LogP contribution in [-0.2, 0) is 12.8 Å². The Kier molecular flexibility index (Phi) is 3.54. The summed E-state index contributed by atoms with van der Waals surface area (Å²) in [7, 11) is 0. The van der Waals surface area contributed by atoms with E-state index in [1.54, 1.807) is 0 Å². The van der Waals surface area contributed by atoms with Crippen molar-refractivity contribution in [2.45, 2.75) is 38.5 Å². The average molecular weight is 270 g/mol. The number of hydrogen-bond acceptors (Lipinski definition) is 4. The zero-order valence-corrected chi connectivity index (χ0v) is 11.5. The molecular weight excluding hydrogens is 252 g/mol. The van der Waals surface area contributed by atoms with E-state index in [9.17, 15) is 5.21 Å². The van der Waals surface area contributed by atoms with Gasteiger partial charge in [-0.3, -0.25) is 0 Å². The van der Waals surface area contributed by atoms with Gasteiger partial charge in [0.25, 0.3) is 0 Å². The van der Waals surface area contributed by atoms with Crippen LogP contribution in [0.2, 0.25) is 0 Å². The van der Waals surface area contributed by atoms with Crippen molar-refractivity contribution in [3.63, 3.8) is 0 Å². The molecule has 1 aromatic carbocycles. The number of oxime groups is 1. The van der Waals surface area contributed by atoms with Crippen molar-refractivity contribution in [1.82, 2.24) is 5.16 Å². The standard InChI is InChI=1S/C16H18N2O2/c1-2-6-13-16-14(17-19)9-12(10-15(16)20-18-13)11-7-4-3-5-8-11/h3-5,7-8,12,19H,2,6,9-10H2,1H3/b17-14+/t12-/m1/s1. The number of nitrogens with zero attached hydrogens (tertiary/aromatic N) is 2. The first kappa shape index (κ1) is 12.9. The lowest BCUT2D eigenvalue weighted by atomic mass is 9.81. The maximum Gasteiger partial charge on any atom is 0.146 e. The molecule has 1 N–H and O–H groups in total. The molecule has 1 aliphatic carbocycles. The number of aryl methyl sites for hydroxylation is 1. The SMILES string of the molecule is CCCc1noc2c1/C(=N/O)C[C@@H](c1ccccc1)C2. The first-order valence-corrected chi connectivity index (χ1v) is 7.07. The third-order valence-electron chi connectivity index (χ3n) is 3.87. The largest absolute Gasteiger partial charge is 0.411 e. The molecule has 2 aromatic rings. The number of benzene rings is 1. The van der Waals surface area contributed by atoms with Gasteiger partial charge in [-0.1, -0.05) is 54.0 Å². The van der Waals surface area contributed by atoms with E-state index < -0.39 is 0 Å². The molecule has 0 unspecified atom stereocenters. The smallest absolute Gasteiger partial charge is 0.146 e. The van der Waals surface area contributed by atoms with E-state index in [1.165, 1.54) is 5.56 Å². The molecule has 3 rings (SSSR count). The van der Waals surface area contributed by atoms with Crippen LogP contribution in [0.5, 0.6) is 0 Å². The molecule has 0 spiro atoms. The predicted octanol–water partition coefficient (Wildman–Crippen LogP) is 3.54. The fourth-order valence-electron chi connectivity index (χ4n) is 2.92. The summed E-state index contributed by atoms with van der Waals surface area (Å²) < 4.78 is 5.48. The Balaban J connectivity index is 1.96. The molecule has 4 nitrogen and oxygen atoms in total. The molecule has 0 fully saturated rings. The van der Waals surface area contributed by atoms with Crippen LogP contribution in [0, 0.1) is 0 Å². The highest BCUT2D eigenvalue weighted by atomic mass is 16.5. The van der Waals surface area contributed by atoms with E-state index in [-0.39, 0.29) is 5.92 Å². The molecule has 20 heavy (non-hydrogen) atoms. The summed E-state index contributed by atoms with van der Waals surface area (Å²) in [4.78, 5) is 0. The van der Waals surface area contributed by atoms with Gasteiger partial charge in [0.05, 0.1) is 17.0 Å². The minimum Gasteiger partial charge on any atom is -0.411 e. The van der Waals surface area contributed by atoms with Gasteiger partial charge in [-0.25, -0.2) is 0 Å². The summed E-state index contributed by atoms with van der Waals surface area (Å²) in [6.07, 6.45) is 3.40. The topological polar surface area (TPSA) is 58.6 Å². The van der Waals surface area contributed by atoms with Crippen molar-refractivity contribution in [3.8, 4) is 0 Å². The van der Waals surface area contributed by atoms with Gasteiger partial charge in [0, 0.05) is 12.8 Å². The monoisotopic (exact) mass is 270 g/mol. The Morgan fingerprint density at radius 2 is 2.10 bits per heavy atom. The van der Waals surface area contributed by atoms with Crippen molar-refractivity contribution >= 4 is 5.71 Å². The Morgan fingerprint density at radius 1 is 1.30 bits per heavy atom. The molecule has 1 atom stereocenters. The molecule has 4 heteroatoms. The molecule has 1 aromatic heterocycles. The van der Waals surface area contributed by atoms with Crippen molar-refractivity contribution < 1.29 is 9.73 Å². The van der Waals surface area contributed by atoms with E-state index in [4.69, 9.17) is 4.52 Å². The van der Waals surface area contributed by atoms with Crippen LogP contribution in [0.25, 0.3) is 0 Å². The lowest BCUT2D eigenvalue weighted by molar-refractivity contribution is 0.315. The van der Waals surface area contributed by atoms with Crippen LogP contribution in [0.1, 0.15) is 48.3 Å². The average Bonchev–Trinajstić information content (AvgIpc) is 2.91. The summed E-state index contributed by atoms with van der Waals surface area (Å²) in [6.45, 7) is 2.10. The fraction of sp³-hybridized carbons (Fsp3) is 0.375. The van der Waals surface area contributed by atoms with Gasteiger partial charge in [-0.05, 0) is 17.9 Å². The fourth-order valence-corrected chi connectivity index (χ4v) is 2.92. The van der Waals surface area contributed by atoms with Crippen LogP contribution in [0.3, 0.4) is 0 Å². The normalized spacial score (nSPS) is 20.1. The Bertz CT molecular complexity index is 617. The van der Waals surface area contributed by atoms with E-state index >= 15 is 0 Å². The molecule has 1 aliphatic rings. The molecular formula is C16H18N2O2. The Labute approximate surface area is 118 Å². The molecule has 1 heterocycles. The third-order valence-corrected chi connectivity index (χ3v) is 3.87. The van der Waals surface area contributed by atoms with Gasteiger partial charge in [-0.2, -0.15) is 0 Å². The van der Waals surface area contributed by atoms with E-state index in [0.29, 0.717) is 5.71 Å². The van der Waals surface area contributed by atoms with Crippen molar-refractivity contribution in [2.24, 2.45) is 5.16 Å². The summed E-state index contributed by atoms with van der Waals surface area (Å²) in [5.74, 6) is 1.14.